The van der Waals surface area contributed by atoms with Crippen LogP contribution < -0.4 is 24.4 Å². The molecule has 10 atom stereocenters. The molecule has 0 spiro atoms. The van der Waals surface area contributed by atoms with Gasteiger partial charge < -0.3 is 83.9 Å². The fourth-order valence-electron chi connectivity index (χ4n) is 5.25. The van der Waals surface area contributed by atoms with Crippen molar-refractivity contribution < 1.29 is 83.9 Å². The third kappa shape index (κ3) is 6.11. The largest absolute Gasteiger partial charge is 0.504 e. The second kappa shape index (κ2) is 13.6. The van der Waals surface area contributed by atoms with E-state index in [2.05, 4.69) is 0 Å². The summed E-state index contributed by atoms with van der Waals surface area (Å²) in [5.74, 6) is -3.03. The standard InChI is InChI=1S/C29H34O18/c1-41-13-6-12-16(19(35)26(13)47-29-24(40)22(38)18(34)15(8-31)46-29)20(36)27(42-2)25(43-12)9-3-4-11(10(32)5-9)44-28-23(39)21(37)17(33)14(7-30)45-28/h3-6,14-15,17-18,21-24,28-35,37-40H,7-8H2,1-2H3/t14-,15?,17+,18+,21?,22-,23?,24?,28+,29-/m0/s1. The van der Waals surface area contributed by atoms with Gasteiger partial charge in [0.25, 0.3) is 0 Å². The lowest BCUT2D eigenvalue weighted by Gasteiger charge is -2.39. The van der Waals surface area contributed by atoms with Gasteiger partial charge in [-0.25, -0.2) is 0 Å². The summed E-state index contributed by atoms with van der Waals surface area (Å²) in [5.41, 5.74) is -1.09. The molecule has 0 aliphatic carbocycles. The maximum absolute atomic E-state index is 13.6. The first-order valence-electron chi connectivity index (χ1n) is 14.1. The van der Waals surface area contributed by atoms with Crippen LogP contribution in [0.2, 0.25) is 0 Å². The van der Waals surface area contributed by atoms with Crippen LogP contribution >= 0.6 is 0 Å². The van der Waals surface area contributed by atoms with Crippen LogP contribution in [0, 0.1) is 0 Å². The molecule has 0 amide bonds. The van der Waals surface area contributed by atoms with Crippen molar-refractivity contribution in [2.24, 2.45) is 0 Å². The fraction of sp³-hybridized carbons (Fsp3) is 0.483. The number of ether oxygens (including phenoxy) is 6. The van der Waals surface area contributed by atoms with E-state index in [-0.39, 0.29) is 28.4 Å². The van der Waals surface area contributed by atoms with E-state index in [0.717, 1.165) is 19.2 Å². The van der Waals surface area contributed by atoms with E-state index in [1.165, 1.54) is 19.2 Å². The molecule has 1 aromatic heterocycles. The average Bonchev–Trinajstić information content (AvgIpc) is 3.06. The van der Waals surface area contributed by atoms with E-state index in [9.17, 15) is 55.9 Å². The van der Waals surface area contributed by atoms with Crippen LogP contribution in [0.15, 0.2) is 33.5 Å². The predicted octanol–water partition coefficient (Wildman–Crippen LogP) is -2.75. The summed E-state index contributed by atoms with van der Waals surface area (Å²) in [7, 11) is 2.33. The lowest BCUT2D eigenvalue weighted by Crippen LogP contribution is -2.60. The normalized spacial score (nSPS) is 31.0. The molecule has 18 nitrogen and oxygen atoms in total. The minimum absolute atomic E-state index is 0.0691. The van der Waals surface area contributed by atoms with Crippen molar-refractivity contribution >= 4 is 11.0 Å². The Hall–Kier alpha value is -3.95. The zero-order valence-corrected chi connectivity index (χ0v) is 24.7. The van der Waals surface area contributed by atoms with Gasteiger partial charge in [0.2, 0.25) is 29.5 Å². The first-order chi connectivity index (χ1) is 22.4. The number of phenolic OH excluding ortho intramolecular Hbond substituents is 2. The smallest absolute Gasteiger partial charge is 0.239 e. The summed E-state index contributed by atoms with van der Waals surface area (Å²) >= 11 is 0. The monoisotopic (exact) mass is 670 g/mol. The van der Waals surface area contributed by atoms with E-state index < -0.39 is 108 Å². The van der Waals surface area contributed by atoms with Crippen LogP contribution in [0.3, 0.4) is 0 Å². The van der Waals surface area contributed by atoms with E-state index >= 15 is 0 Å². The molecule has 18 heteroatoms. The Balaban J connectivity index is 1.50. The highest BCUT2D eigenvalue weighted by atomic mass is 16.7. The SMILES string of the molecule is COc1cc2oc(-c3ccc(O[C@@H]4O[C@@H](CO)[C@@H](O)C(O)C4O)c(O)c3)c(OC)c(=O)c2c(O)c1O[C@@H]1OC(CO)[C@@H](O)[C@H](O)C1O. The molecule has 47 heavy (non-hydrogen) atoms. The van der Waals surface area contributed by atoms with E-state index in [1.807, 2.05) is 0 Å². The van der Waals surface area contributed by atoms with Gasteiger partial charge in [-0.2, -0.15) is 0 Å². The Kier molecular flexibility index (Phi) is 9.99. The van der Waals surface area contributed by atoms with Crippen molar-refractivity contribution in [2.45, 2.75) is 61.4 Å². The Bertz CT molecular complexity index is 1640. The molecule has 4 unspecified atom stereocenters. The molecule has 0 bridgehead atoms. The zero-order chi connectivity index (χ0) is 34.3. The zero-order valence-electron chi connectivity index (χ0n) is 24.7. The summed E-state index contributed by atoms with van der Waals surface area (Å²) in [6.45, 7) is -1.44. The van der Waals surface area contributed by atoms with Gasteiger partial charge >= 0.3 is 0 Å². The molecule has 5 rings (SSSR count). The molecule has 0 saturated carbocycles. The van der Waals surface area contributed by atoms with Gasteiger partial charge in [0.15, 0.2) is 28.8 Å². The summed E-state index contributed by atoms with van der Waals surface area (Å²) in [4.78, 5) is 13.6. The highest BCUT2D eigenvalue weighted by Crippen LogP contribution is 2.46. The first-order valence-corrected chi connectivity index (χ1v) is 14.1. The molecule has 2 fully saturated rings. The summed E-state index contributed by atoms with van der Waals surface area (Å²) in [6, 6.07) is 4.82. The molecule has 3 aromatic rings. The third-order valence-corrected chi connectivity index (χ3v) is 7.85. The van der Waals surface area contributed by atoms with E-state index in [1.54, 1.807) is 0 Å². The molecule has 2 aliphatic rings. The van der Waals surface area contributed by atoms with Crippen LogP contribution in [0.5, 0.6) is 34.5 Å². The minimum atomic E-state index is -1.85. The van der Waals surface area contributed by atoms with Gasteiger partial charge in [0.1, 0.15) is 59.8 Å². The Labute approximate surface area is 264 Å². The molecule has 258 valence electrons. The van der Waals surface area contributed by atoms with Gasteiger partial charge in [-0.15, -0.1) is 0 Å². The molecule has 3 heterocycles. The van der Waals surface area contributed by atoms with Crippen LogP contribution in [0.4, 0.5) is 0 Å². The van der Waals surface area contributed by atoms with Crippen LogP contribution in [0.25, 0.3) is 22.3 Å². The number of rotatable bonds is 9. The topological polar surface area (TPSA) is 288 Å². The lowest BCUT2D eigenvalue weighted by atomic mass is 9.99. The molecular weight excluding hydrogens is 636 g/mol. The Morgan fingerprint density at radius 3 is 1.79 bits per heavy atom. The number of phenols is 2. The quantitative estimate of drug-likeness (QED) is 0.110. The van der Waals surface area contributed by atoms with Crippen molar-refractivity contribution in [1.29, 1.82) is 0 Å². The summed E-state index contributed by atoms with van der Waals surface area (Å²) in [6.07, 6.45) is -16.3. The predicted molar refractivity (Wildman–Crippen MR) is 153 cm³/mol. The van der Waals surface area contributed by atoms with Crippen molar-refractivity contribution in [3.63, 3.8) is 0 Å². The first kappa shape index (κ1) is 34.4. The number of hydrogen-bond acceptors (Lipinski definition) is 18. The minimum Gasteiger partial charge on any atom is -0.504 e. The average molecular weight is 671 g/mol. The fourth-order valence-corrected chi connectivity index (χ4v) is 5.25. The van der Waals surface area contributed by atoms with Gasteiger partial charge in [-0.1, -0.05) is 0 Å². The number of fused-ring (bicyclic) bond motifs is 1. The summed E-state index contributed by atoms with van der Waals surface area (Å²) < 4.78 is 38.2. The van der Waals surface area contributed by atoms with Crippen molar-refractivity contribution in [2.75, 3.05) is 27.4 Å². The molecule has 2 saturated heterocycles. The number of aromatic hydroxyl groups is 2. The third-order valence-electron chi connectivity index (χ3n) is 7.85. The molecule has 10 N–H and O–H groups in total. The van der Waals surface area contributed by atoms with Crippen molar-refractivity contribution in [3.8, 4) is 45.8 Å². The number of aliphatic hydroxyl groups is 8. The van der Waals surface area contributed by atoms with E-state index in [0.29, 0.717) is 0 Å². The van der Waals surface area contributed by atoms with Gasteiger partial charge in [0.05, 0.1) is 27.4 Å². The maximum atomic E-state index is 13.6. The molecule has 2 aromatic carbocycles. The number of methoxy groups -OCH3 is 2. The number of benzene rings is 2. The summed E-state index contributed by atoms with van der Waals surface area (Å²) in [5, 5.41) is 101. The highest BCUT2D eigenvalue weighted by Gasteiger charge is 2.46. The number of hydrogen-bond donors (Lipinski definition) is 10. The van der Waals surface area contributed by atoms with E-state index in [4.69, 9.17) is 32.8 Å². The van der Waals surface area contributed by atoms with Crippen LogP contribution in [-0.2, 0) is 9.47 Å². The van der Waals surface area contributed by atoms with Gasteiger partial charge in [-0.3, -0.25) is 4.79 Å². The van der Waals surface area contributed by atoms with Crippen LogP contribution in [0.1, 0.15) is 0 Å². The van der Waals surface area contributed by atoms with Gasteiger partial charge in [0, 0.05) is 11.6 Å². The Morgan fingerprint density at radius 1 is 0.702 bits per heavy atom. The molecular formula is C29H34O18. The molecule has 2 aliphatic heterocycles. The van der Waals surface area contributed by atoms with Gasteiger partial charge in [-0.05, 0) is 18.2 Å². The van der Waals surface area contributed by atoms with Crippen molar-refractivity contribution in [3.05, 3.63) is 34.5 Å². The Morgan fingerprint density at radius 2 is 1.28 bits per heavy atom. The number of aliphatic hydroxyl groups excluding tert-OH is 8. The second-order valence-electron chi connectivity index (χ2n) is 10.7. The second-order valence-corrected chi connectivity index (χ2v) is 10.7. The van der Waals surface area contributed by atoms with Crippen LogP contribution in [-0.4, -0.2) is 140 Å². The molecule has 0 radical (unpaired) electrons. The maximum Gasteiger partial charge on any atom is 0.239 e. The highest BCUT2D eigenvalue weighted by molar-refractivity contribution is 5.91. The van der Waals surface area contributed by atoms with Crippen molar-refractivity contribution in [1.82, 2.24) is 0 Å². The lowest BCUT2D eigenvalue weighted by molar-refractivity contribution is -0.277.